The number of hydrogen-bond donors (Lipinski definition) is 1. The van der Waals surface area contributed by atoms with Crippen molar-refractivity contribution in [1.29, 1.82) is 0 Å². The average Bonchev–Trinajstić information content (AvgIpc) is 2.47. The van der Waals surface area contributed by atoms with Gasteiger partial charge in [0.05, 0.1) is 27.4 Å². The minimum absolute atomic E-state index is 0.289. The lowest BCUT2D eigenvalue weighted by Crippen LogP contribution is -2.25. The highest BCUT2D eigenvalue weighted by atomic mass is 31.2. The summed E-state index contributed by atoms with van der Waals surface area (Å²) in [7, 11) is -0.179. The first kappa shape index (κ1) is 18.0. The number of methoxy groups -OCH3 is 2. The van der Waals surface area contributed by atoms with E-state index in [0.29, 0.717) is 17.9 Å². The van der Waals surface area contributed by atoms with Gasteiger partial charge in [0.25, 0.3) is 0 Å². The van der Waals surface area contributed by atoms with Gasteiger partial charge in [0.2, 0.25) is 0 Å². The Labute approximate surface area is 126 Å². The van der Waals surface area contributed by atoms with Gasteiger partial charge in [-0.2, -0.15) is 0 Å². The zero-order chi connectivity index (χ0) is 15.9. The first-order valence-electron chi connectivity index (χ1n) is 6.86. The quantitative estimate of drug-likeness (QED) is 0.705. The molecule has 0 saturated heterocycles. The molecule has 1 aromatic carbocycles. The van der Waals surface area contributed by atoms with Gasteiger partial charge >= 0.3 is 7.60 Å². The lowest BCUT2D eigenvalue weighted by Gasteiger charge is -2.23. The van der Waals surface area contributed by atoms with Crippen LogP contribution >= 0.6 is 7.60 Å². The zero-order valence-electron chi connectivity index (χ0n) is 13.0. The van der Waals surface area contributed by atoms with Crippen molar-refractivity contribution >= 4 is 7.60 Å². The van der Waals surface area contributed by atoms with Crippen molar-refractivity contribution in [2.45, 2.75) is 26.1 Å². The summed E-state index contributed by atoms with van der Waals surface area (Å²) in [5.74, 6) is 0.507. The Bertz CT molecular complexity index is 484. The van der Waals surface area contributed by atoms with Crippen molar-refractivity contribution in [3.05, 3.63) is 23.8 Å². The number of benzene rings is 1. The molecule has 1 atom stereocenters. The molecular formula is C14H24NO5P. The summed E-state index contributed by atoms with van der Waals surface area (Å²) in [6.07, 6.45) is 0.359. The van der Waals surface area contributed by atoms with Gasteiger partial charge in [0.15, 0.2) is 11.5 Å². The van der Waals surface area contributed by atoms with Crippen molar-refractivity contribution in [3.8, 4) is 11.5 Å². The highest BCUT2D eigenvalue weighted by molar-refractivity contribution is 7.54. The Morgan fingerprint density at radius 1 is 1.10 bits per heavy atom. The molecule has 120 valence electrons. The van der Waals surface area contributed by atoms with Gasteiger partial charge in [0, 0.05) is 0 Å². The largest absolute Gasteiger partial charge is 0.493 e. The van der Waals surface area contributed by atoms with Crippen LogP contribution in [0, 0.1) is 0 Å². The molecule has 0 heterocycles. The molecule has 21 heavy (non-hydrogen) atoms. The minimum Gasteiger partial charge on any atom is -0.493 e. The lowest BCUT2D eigenvalue weighted by molar-refractivity contribution is 0.212. The number of ether oxygens (including phenoxy) is 2. The third-order valence-corrected chi connectivity index (χ3v) is 5.15. The predicted molar refractivity (Wildman–Crippen MR) is 82.1 cm³/mol. The van der Waals surface area contributed by atoms with E-state index in [1.54, 1.807) is 40.2 Å². The van der Waals surface area contributed by atoms with E-state index in [1.807, 2.05) is 6.07 Å². The number of nitrogens with two attached hydrogens (primary N) is 1. The van der Waals surface area contributed by atoms with E-state index in [2.05, 4.69) is 0 Å². The second-order valence-corrected chi connectivity index (χ2v) is 6.60. The number of rotatable bonds is 9. The number of hydrogen-bond acceptors (Lipinski definition) is 6. The molecule has 6 nitrogen and oxygen atoms in total. The van der Waals surface area contributed by atoms with Crippen LogP contribution in [-0.4, -0.2) is 33.2 Å². The van der Waals surface area contributed by atoms with Crippen molar-refractivity contribution in [2.75, 3.05) is 27.4 Å². The SMILES string of the molecule is CCOP(=O)(OCC)[C@@H](N)Cc1ccc(OC)c(OC)c1. The van der Waals surface area contributed by atoms with E-state index >= 15 is 0 Å². The van der Waals surface area contributed by atoms with Crippen LogP contribution in [0.4, 0.5) is 0 Å². The Hall–Kier alpha value is -1.07. The fourth-order valence-electron chi connectivity index (χ4n) is 1.95. The molecule has 0 bridgehead atoms. The fourth-order valence-corrected chi connectivity index (χ4v) is 3.56. The first-order chi connectivity index (χ1) is 10.0. The van der Waals surface area contributed by atoms with Crippen molar-refractivity contribution in [2.24, 2.45) is 5.73 Å². The maximum atomic E-state index is 12.6. The maximum absolute atomic E-state index is 12.6. The summed E-state index contributed by atoms with van der Waals surface area (Å²) < 4.78 is 33.5. The van der Waals surface area contributed by atoms with Crippen LogP contribution in [-0.2, 0) is 20.0 Å². The van der Waals surface area contributed by atoms with E-state index in [-0.39, 0.29) is 13.2 Å². The summed E-state index contributed by atoms with van der Waals surface area (Å²) in [6, 6.07) is 5.44. The van der Waals surface area contributed by atoms with Crippen molar-refractivity contribution in [1.82, 2.24) is 0 Å². The van der Waals surface area contributed by atoms with Crippen LogP contribution in [0.1, 0.15) is 19.4 Å². The van der Waals surface area contributed by atoms with Crippen LogP contribution in [0.25, 0.3) is 0 Å². The van der Waals surface area contributed by atoms with E-state index in [0.717, 1.165) is 5.56 Å². The summed E-state index contributed by atoms with van der Waals surface area (Å²) in [4.78, 5) is 0. The van der Waals surface area contributed by atoms with Crippen LogP contribution in [0.2, 0.25) is 0 Å². The van der Waals surface area contributed by atoms with Gasteiger partial charge in [-0.15, -0.1) is 0 Å². The Kier molecular flexibility index (Phi) is 7.18. The van der Waals surface area contributed by atoms with Crippen LogP contribution in [0.15, 0.2) is 18.2 Å². The molecule has 0 radical (unpaired) electrons. The van der Waals surface area contributed by atoms with E-state index in [1.165, 1.54) is 0 Å². The third-order valence-electron chi connectivity index (χ3n) is 2.92. The fraction of sp³-hybridized carbons (Fsp3) is 0.571. The van der Waals surface area contributed by atoms with E-state index in [9.17, 15) is 4.57 Å². The highest BCUT2D eigenvalue weighted by Gasteiger charge is 2.32. The minimum atomic E-state index is -3.31. The molecule has 2 N–H and O–H groups in total. The molecule has 1 aromatic rings. The van der Waals surface area contributed by atoms with Crippen LogP contribution in [0.5, 0.6) is 11.5 Å². The molecule has 0 saturated carbocycles. The summed E-state index contributed by atoms with van der Waals surface area (Å²) in [6.45, 7) is 4.09. The predicted octanol–water partition coefficient (Wildman–Crippen LogP) is 2.80. The Morgan fingerprint density at radius 3 is 2.14 bits per heavy atom. The molecule has 0 aliphatic rings. The Balaban J connectivity index is 2.90. The van der Waals surface area contributed by atoms with E-state index < -0.39 is 13.4 Å². The zero-order valence-corrected chi connectivity index (χ0v) is 13.9. The van der Waals surface area contributed by atoms with Crippen LogP contribution < -0.4 is 15.2 Å². The normalized spacial score (nSPS) is 13.0. The second-order valence-electron chi connectivity index (χ2n) is 4.34. The van der Waals surface area contributed by atoms with E-state index in [4.69, 9.17) is 24.3 Å². The molecular weight excluding hydrogens is 293 g/mol. The van der Waals surface area contributed by atoms with Crippen LogP contribution in [0.3, 0.4) is 0 Å². The van der Waals surface area contributed by atoms with Gasteiger partial charge in [0.1, 0.15) is 5.78 Å². The summed E-state index contributed by atoms with van der Waals surface area (Å²) in [5, 5.41) is 0. The molecule has 0 aliphatic carbocycles. The molecule has 0 fully saturated rings. The molecule has 1 rings (SSSR count). The standard InChI is InChI=1S/C14H24NO5P/c1-5-19-21(16,20-6-2)14(15)10-11-7-8-12(17-3)13(9-11)18-4/h7-9,14H,5-6,10,15H2,1-4H3/t14-/m1/s1. The van der Waals surface area contributed by atoms with Gasteiger partial charge in [-0.3, -0.25) is 4.57 Å². The topological polar surface area (TPSA) is 80.0 Å². The smallest absolute Gasteiger partial charge is 0.347 e. The third kappa shape index (κ3) is 4.71. The molecule has 0 amide bonds. The van der Waals surface area contributed by atoms with Gasteiger partial charge in [-0.25, -0.2) is 0 Å². The Morgan fingerprint density at radius 2 is 1.67 bits per heavy atom. The maximum Gasteiger partial charge on any atom is 0.347 e. The van der Waals surface area contributed by atoms with Gasteiger partial charge in [-0.05, 0) is 38.0 Å². The molecule has 0 spiro atoms. The summed E-state index contributed by atoms with van der Waals surface area (Å²) in [5.41, 5.74) is 6.91. The highest BCUT2D eigenvalue weighted by Crippen LogP contribution is 2.52. The molecule has 0 aromatic heterocycles. The van der Waals surface area contributed by atoms with Gasteiger partial charge < -0.3 is 24.3 Å². The second kappa shape index (κ2) is 8.39. The lowest BCUT2D eigenvalue weighted by atomic mass is 10.1. The summed E-state index contributed by atoms with van der Waals surface area (Å²) >= 11 is 0. The monoisotopic (exact) mass is 317 g/mol. The molecule has 0 aliphatic heterocycles. The van der Waals surface area contributed by atoms with Gasteiger partial charge in [-0.1, -0.05) is 6.07 Å². The molecule has 7 heteroatoms. The van der Waals surface area contributed by atoms with Crippen molar-refractivity contribution < 1.29 is 23.1 Å². The van der Waals surface area contributed by atoms with Crippen molar-refractivity contribution in [3.63, 3.8) is 0 Å². The average molecular weight is 317 g/mol. The first-order valence-corrected chi connectivity index (χ1v) is 8.47. The molecule has 0 unspecified atom stereocenters.